The summed E-state index contributed by atoms with van der Waals surface area (Å²) in [6.45, 7) is 7.15. The highest BCUT2D eigenvalue weighted by Gasteiger charge is 2.62. The van der Waals surface area contributed by atoms with Crippen LogP contribution in [-0.4, -0.2) is 28.1 Å². The number of carboxylic acids is 1. The van der Waals surface area contributed by atoms with Crippen LogP contribution in [0.1, 0.15) is 124 Å². The summed E-state index contributed by atoms with van der Waals surface area (Å²) in [4.78, 5) is 24.3. The topological polar surface area (TPSA) is 74.6 Å². The molecule has 0 bridgehead atoms. The SMILES string of the molecule is CCCCCCC(CCCC(=O)O)C1CC(=O)CC2CC[C@@H]3[C@H](CC[C@]4(C)[C@@H](O)CC[C@@H]34)[C@]21C. The Kier molecular flexibility index (Phi) is 8.17. The first-order chi connectivity index (χ1) is 16.2. The summed E-state index contributed by atoms with van der Waals surface area (Å²) in [6.07, 6.45) is 16.2. The minimum Gasteiger partial charge on any atom is -0.481 e. The molecule has 9 atom stereocenters. The third-order valence-electron chi connectivity index (χ3n) is 11.6. The van der Waals surface area contributed by atoms with Crippen LogP contribution < -0.4 is 0 Å². The second-order valence-electron chi connectivity index (χ2n) is 13.1. The third-order valence-corrected chi connectivity index (χ3v) is 11.6. The number of unbranched alkanes of at least 4 members (excludes halogenated alkanes) is 3. The number of carboxylic acid groups (broad SMARTS) is 1. The summed E-state index contributed by atoms with van der Waals surface area (Å²) in [5, 5.41) is 20.1. The van der Waals surface area contributed by atoms with Gasteiger partial charge >= 0.3 is 5.97 Å². The molecule has 4 aliphatic carbocycles. The predicted molar refractivity (Wildman–Crippen MR) is 135 cm³/mol. The molecule has 0 aromatic rings. The normalized spacial score (nSPS) is 42.5. The molecule has 4 aliphatic rings. The highest BCUT2D eigenvalue weighted by Crippen LogP contribution is 2.68. The number of carbonyl (C=O) groups is 2. The molecule has 194 valence electrons. The molecular weight excluding hydrogens is 424 g/mol. The van der Waals surface area contributed by atoms with Crippen molar-refractivity contribution in [3.05, 3.63) is 0 Å². The molecule has 0 aliphatic heterocycles. The van der Waals surface area contributed by atoms with Gasteiger partial charge in [-0.2, -0.15) is 0 Å². The van der Waals surface area contributed by atoms with Gasteiger partial charge in [0.15, 0.2) is 0 Å². The number of carbonyl (C=O) groups excluding carboxylic acids is 1. The molecule has 0 heterocycles. The molecule has 0 spiro atoms. The molecule has 0 saturated heterocycles. The minimum absolute atomic E-state index is 0.0887. The lowest BCUT2D eigenvalue weighted by Gasteiger charge is -2.63. The predicted octanol–water partition coefficient (Wildman–Crippen LogP) is 7.03. The van der Waals surface area contributed by atoms with Gasteiger partial charge in [-0.3, -0.25) is 9.59 Å². The molecular formula is C30H50O4. The lowest BCUT2D eigenvalue weighted by atomic mass is 9.41. The molecule has 0 amide bonds. The summed E-state index contributed by atoms with van der Waals surface area (Å²) in [5.74, 6) is 3.10. The van der Waals surface area contributed by atoms with Gasteiger partial charge in [-0.05, 0) is 97.7 Å². The molecule has 4 heteroatoms. The number of fused-ring (bicyclic) bond motifs is 5. The van der Waals surface area contributed by atoms with Crippen LogP contribution >= 0.6 is 0 Å². The fourth-order valence-corrected chi connectivity index (χ4v) is 9.74. The number of hydrogen-bond donors (Lipinski definition) is 2. The quantitative estimate of drug-likeness (QED) is 0.333. The average molecular weight is 475 g/mol. The zero-order valence-electron chi connectivity index (χ0n) is 22.1. The van der Waals surface area contributed by atoms with E-state index in [2.05, 4.69) is 20.8 Å². The van der Waals surface area contributed by atoms with E-state index in [4.69, 9.17) is 0 Å². The smallest absolute Gasteiger partial charge is 0.303 e. The number of ketones is 1. The molecule has 0 aromatic carbocycles. The van der Waals surface area contributed by atoms with Crippen LogP contribution in [0.2, 0.25) is 0 Å². The molecule has 4 fully saturated rings. The zero-order valence-corrected chi connectivity index (χ0v) is 22.1. The maximum atomic E-state index is 13.0. The van der Waals surface area contributed by atoms with Crippen molar-refractivity contribution in [3.8, 4) is 0 Å². The second-order valence-corrected chi connectivity index (χ2v) is 13.1. The minimum atomic E-state index is -0.697. The molecule has 0 aromatic heterocycles. The highest BCUT2D eigenvalue weighted by atomic mass is 16.4. The van der Waals surface area contributed by atoms with Crippen molar-refractivity contribution in [1.29, 1.82) is 0 Å². The number of aliphatic hydroxyl groups is 1. The van der Waals surface area contributed by atoms with Gasteiger partial charge in [-0.15, -0.1) is 0 Å². The van der Waals surface area contributed by atoms with Gasteiger partial charge in [0.2, 0.25) is 0 Å². The Bertz CT molecular complexity index is 733. The van der Waals surface area contributed by atoms with Gasteiger partial charge in [0.05, 0.1) is 6.10 Å². The van der Waals surface area contributed by atoms with Gasteiger partial charge in [0.25, 0.3) is 0 Å². The van der Waals surface area contributed by atoms with Crippen molar-refractivity contribution in [2.75, 3.05) is 0 Å². The molecule has 34 heavy (non-hydrogen) atoms. The monoisotopic (exact) mass is 474 g/mol. The van der Waals surface area contributed by atoms with Crippen LogP contribution in [-0.2, 0) is 9.59 Å². The Morgan fingerprint density at radius 2 is 1.74 bits per heavy atom. The number of Topliss-reactive ketones (excluding diaryl/α,β-unsaturated/α-hetero) is 1. The summed E-state index contributed by atoms with van der Waals surface area (Å²) in [6, 6.07) is 0. The van der Waals surface area contributed by atoms with Crippen molar-refractivity contribution < 1.29 is 19.8 Å². The number of hydrogen-bond acceptors (Lipinski definition) is 3. The van der Waals surface area contributed by atoms with Crippen LogP contribution in [0.5, 0.6) is 0 Å². The highest BCUT2D eigenvalue weighted by molar-refractivity contribution is 5.80. The summed E-state index contributed by atoms with van der Waals surface area (Å²) >= 11 is 0. The average Bonchev–Trinajstić information content (AvgIpc) is 3.10. The van der Waals surface area contributed by atoms with E-state index in [0.717, 1.165) is 38.5 Å². The van der Waals surface area contributed by atoms with Gasteiger partial charge in [-0.25, -0.2) is 0 Å². The van der Waals surface area contributed by atoms with Crippen molar-refractivity contribution >= 4 is 11.8 Å². The molecule has 2 N–H and O–H groups in total. The lowest BCUT2D eigenvalue weighted by molar-refractivity contribution is -0.165. The van der Waals surface area contributed by atoms with E-state index in [1.165, 1.54) is 51.4 Å². The summed E-state index contributed by atoms with van der Waals surface area (Å²) in [5.41, 5.74) is 0.274. The first-order valence-corrected chi connectivity index (χ1v) is 14.6. The van der Waals surface area contributed by atoms with E-state index < -0.39 is 5.97 Å². The van der Waals surface area contributed by atoms with E-state index in [0.29, 0.717) is 47.7 Å². The molecule has 3 unspecified atom stereocenters. The first-order valence-electron chi connectivity index (χ1n) is 14.6. The van der Waals surface area contributed by atoms with E-state index in [1.807, 2.05) is 0 Å². The number of aliphatic hydroxyl groups excluding tert-OH is 1. The summed E-state index contributed by atoms with van der Waals surface area (Å²) < 4.78 is 0. The zero-order chi connectivity index (χ0) is 24.5. The Morgan fingerprint density at radius 1 is 0.971 bits per heavy atom. The van der Waals surface area contributed by atoms with Crippen molar-refractivity contribution in [1.82, 2.24) is 0 Å². The van der Waals surface area contributed by atoms with E-state index in [-0.39, 0.29) is 23.4 Å². The maximum Gasteiger partial charge on any atom is 0.303 e. The molecule has 4 saturated carbocycles. The fourth-order valence-electron chi connectivity index (χ4n) is 9.74. The van der Waals surface area contributed by atoms with Crippen molar-refractivity contribution in [2.24, 2.45) is 46.3 Å². The van der Waals surface area contributed by atoms with Gasteiger partial charge in [-0.1, -0.05) is 52.9 Å². The Balaban J connectivity index is 1.60. The lowest BCUT2D eigenvalue weighted by Crippen LogP contribution is -2.58. The molecule has 4 rings (SSSR count). The summed E-state index contributed by atoms with van der Waals surface area (Å²) in [7, 11) is 0. The van der Waals surface area contributed by atoms with E-state index >= 15 is 0 Å². The van der Waals surface area contributed by atoms with Gasteiger partial charge in [0.1, 0.15) is 5.78 Å². The van der Waals surface area contributed by atoms with Crippen LogP contribution in [0, 0.1) is 46.3 Å². The largest absolute Gasteiger partial charge is 0.481 e. The number of aliphatic carboxylic acids is 1. The maximum absolute atomic E-state index is 13.0. The van der Waals surface area contributed by atoms with Gasteiger partial charge < -0.3 is 10.2 Å². The van der Waals surface area contributed by atoms with Crippen LogP contribution in [0.4, 0.5) is 0 Å². The fraction of sp³-hybridized carbons (Fsp3) is 0.933. The Labute approximate surface area is 207 Å². The van der Waals surface area contributed by atoms with Gasteiger partial charge in [0, 0.05) is 19.3 Å². The third kappa shape index (κ3) is 4.74. The number of rotatable bonds is 10. The van der Waals surface area contributed by atoms with Crippen LogP contribution in [0.15, 0.2) is 0 Å². The van der Waals surface area contributed by atoms with Crippen LogP contribution in [0.3, 0.4) is 0 Å². The Hall–Kier alpha value is -0.900. The van der Waals surface area contributed by atoms with Crippen molar-refractivity contribution in [2.45, 2.75) is 130 Å². The standard InChI is InChI=1S/C30H50O4/c1-4-5-6-7-9-20(10-8-11-28(33)34)26-19-22(31)18-21-12-13-23-24-14-15-27(32)29(24,2)17-16-25(23)30(21,26)3/h20-21,23-27,32H,4-19H2,1-3H3,(H,33,34)/t20?,21?,23-,24-,25-,26?,27-,29-,30-/m0/s1. The van der Waals surface area contributed by atoms with E-state index in [9.17, 15) is 19.8 Å². The second kappa shape index (κ2) is 10.6. The van der Waals surface area contributed by atoms with Crippen LogP contribution in [0.25, 0.3) is 0 Å². The Morgan fingerprint density at radius 3 is 2.47 bits per heavy atom. The molecule has 4 nitrogen and oxygen atoms in total. The molecule has 0 radical (unpaired) electrons. The van der Waals surface area contributed by atoms with Crippen molar-refractivity contribution in [3.63, 3.8) is 0 Å². The first kappa shape index (κ1) is 26.2. The van der Waals surface area contributed by atoms with E-state index in [1.54, 1.807) is 0 Å².